The van der Waals surface area contributed by atoms with Crippen LogP contribution in [0, 0.1) is 29.2 Å². The molecule has 1 aromatic carbocycles. The van der Waals surface area contributed by atoms with E-state index in [2.05, 4.69) is 36.9 Å². The van der Waals surface area contributed by atoms with Crippen LogP contribution in [0.3, 0.4) is 0 Å². The highest BCUT2D eigenvalue weighted by Gasteiger charge is 2.35. The number of carboxylic acid groups (broad SMARTS) is 1. The van der Waals surface area contributed by atoms with Gasteiger partial charge in [0.2, 0.25) is 29.4 Å². The van der Waals surface area contributed by atoms with Gasteiger partial charge in [0, 0.05) is 32.2 Å². The van der Waals surface area contributed by atoms with Gasteiger partial charge in [0.05, 0.1) is 6.04 Å². The first-order valence-electron chi connectivity index (χ1n) is 19.5. The van der Waals surface area contributed by atoms with Crippen molar-refractivity contribution >= 4 is 47.1 Å². The highest BCUT2D eigenvalue weighted by Crippen LogP contribution is 2.33. The fourth-order valence-corrected chi connectivity index (χ4v) is 6.74. The molecule has 6 atom stereocenters. The normalized spacial score (nSPS) is 17.6. The molecule has 17 nitrogen and oxygen atoms in total. The van der Waals surface area contributed by atoms with Gasteiger partial charge in [-0.1, -0.05) is 83.0 Å². The average molecular weight is 784 g/mol. The number of nitrogens with one attached hydrogen (secondary N) is 6. The summed E-state index contributed by atoms with van der Waals surface area (Å²) in [6, 6.07) is 4.52. The predicted molar refractivity (Wildman–Crippen MR) is 209 cm³/mol. The van der Waals surface area contributed by atoms with Crippen molar-refractivity contribution < 1.29 is 38.7 Å². The van der Waals surface area contributed by atoms with Crippen LogP contribution in [-0.2, 0) is 40.0 Å². The number of rotatable bonds is 25. The molecule has 0 saturated heterocycles. The quantitative estimate of drug-likeness (QED) is 0.0181. The molecule has 0 heterocycles. The number of ketones is 1. The number of Topliss-reactive ketones (excluding diaryl/α,β-unsaturated/α-hetero) is 1. The average Bonchev–Trinajstić information content (AvgIpc) is 3.59. The standard InChI is InChI=1S/C39H61N9O8/c1-6-13-28(35(51)38(54)44-29(39(55)56)20-25-14-8-7-9-15-25)43-32(50)21-26-16-12-17-27(26)22-42-36(52)33(23(2)3)46-37(53)34(24(4)5)45-31(49)19-11-10-18-30(40)47-48-41/h7-9,14-15,23-24,26-29,33-34H,6,10-13,16-22H2,1-5H3,(H,42,52)(H,43,50)(H,44,54)(H,45,49)(H,46,53)(H,55,56)(H3,40,41,47)/t26-,27+,28?,29-,33+,34-/m1/s1. The third-order valence-electron chi connectivity index (χ3n) is 9.92. The Kier molecular flexibility index (Phi) is 20.4. The third kappa shape index (κ3) is 16.3. The lowest BCUT2D eigenvalue weighted by molar-refractivity contribution is -0.145. The monoisotopic (exact) mass is 783 g/mol. The number of benzene rings is 1. The van der Waals surface area contributed by atoms with Crippen molar-refractivity contribution in [3.63, 3.8) is 0 Å². The molecule has 1 unspecified atom stereocenters. The Morgan fingerprint density at radius 2 is 1.45 bits per heavy atom. The second-order valence-electron chi connectivity index (χ2n) is 15.1. The van der Waals surface area contributed by atoms with Crippen LogP contribution in [0.1, 0.15) is 104 Å². The van der Waals surface area contributed by atoms with Gasteiger partial charge in [0.25, 0.3) is 5.91 Å². The number of amidine groups is 1. The lowest BCUT2D eigenvalue weighted by Crippen LogP contribution is -2.57. The molecule has 17 heteroatoms. The first-order chi connectivity index (χ1) is 26.6. The lowest BCUT2D eigenvalue weighted by Gasteiger charge is -2.28. The van der Waals surface area contributed by atoms with Gasteiger partial charge < -0.3 is 37.4 Å². The van der Waals surface area contributed by atoms with Crippen LogP contribution in [0.5, 0.6) is 0 Å². The Labute approximate surface area is 329 Å². The Morgan fingerprint density at radius 1 is 0.821 bits per heavy atom. The lowest BCUT2D eigenvalue weighted by atomic mass is 9.91. The van der Waals surface area contributed by atoms with Crippen molar-refractivity contribution in [3.05, 3.63) is 35.9 Å². The molecule has 1 saturated carbocycles. The molecule has 2 rings (SSSR count). The maximum Gasteiger partial charge on any atom is 0.326 e. The van der Waals surface area contributed by atoms with Crippen LogP contribution in [0.4, 0.5) is 0 Å². The van der Waals surface area contributed by atoms with E-state index in [9.17, 15) is 38.7 Å². The van der Waals surface area contributed by atoms with Gasteiger partial charge in [0.1, 0.15) is 24.0 Å². The van der Waals surface area contributed by atoms with Crippen molar-refractivity contribution in [3.8, 4) is 0 Å². The highest BCUT2D eigenvalue weighted by molar-refractivity contribution is 6.38. The molecule has 9 N–H and O–H groups in total. The molecule has 0 aromatic heterocycles. The molecular weight excluding hydrogens is 722 g/mol. The summed E-state index contributed by atoms with van der Waals surface area (Å²) >= 11 is 0. The summed E-state index contributed by atoms with van der Waals surface area (Å²) < 4.78 is 0. The zero-order chi connectivity index (χ0) is 41.8. The minimum absolute atomic E-state index is 0.0121. The van der Waals surface area contributed by atoms with E-state index in [4.69, 9.17) is 11.3 Å². The maximum absolute atomic E-state index is 13.4. The van der Waals surface area contributed by atoms with Crippen LogP contribution in [0.15, 0.2) is 40.7 Å². The highest BCUT2D eigenvalue weighted by atomic mass is 16.4. The van der Waals surface area contributed by atoms with Crippen LogP contribution in [-0.4, -0.2) is 82.9 Å². The van der Waals surface area contributed by atoms with E-state index in [0.29, 0.717) is 31.2 Å². The van der Waals surface area contributed by atoms with Crippen molar-refractivity contribution in [1.29, 1.82) is 5.53 Å². The van der Waals surface area contributed by atoms with E-state index in [1.807, 2.05) is 0 Å². The summed E-state index contributed by atoms with van der Waals surface area (Å²) in [5.41, 5.74) is 13.0. The van der Waals surface area contributed by atoms with Gasteiger partial charge in [-0.3, -0.25) is 28.8 Å². The summed E-state index contributed by atoms with van der Waals surface area (Å²) in [5.74, 6) is -5.36. The molecular formula is C39H61N9O8. The van der Waals surface area contributed by atoms with Gasteiger partial charge >= 0.3 is 5.97 Å². The van der Waals surface area contributed by atoms with Crippen LogP contribution < -0.4 is 32.3 Å². The molecule has 1 aliphatic rings. The number of nitrogens with zero attached hydrogens (tertiary/aromatic N) is 2. The number of amides is 5. The summed E-state index contributed by atoms with van der Waals surface area (Å²) in [6.07, 6.45) is 4.65. The molecule has 0 radical (unpaired) electrons. The van der Waals surface area contributed by atoms with E-state index in [1.54, 1.807) is 65.0 Å². The smallest absolute Gasteiger partial charge is 0.326 e. The number of unbranched alkanes of at least 4 members (excludes halogenated alkanes) is 1. The Hall–Kier alpha value is -5.22. The SMILES string of the molecule is CCCC(NC(=O)C[C@H]1CCC[C@H]1CNC(=O)[C@@H](NC(=O)[C@H](NC(=O)CCCC/C(N)=N/N=N)C(C)C)C(C)C)C(=O)C(=O)N[C@H](Cc1ccccc1)C(=O)O. The third-order valence-corrected chi connectivity index (χ3v) is 9.92. The Balaban J connectivity index is 1.95. The summed E-state index contributed by atoms with van der Waals surface area (Å²) in [6.45, 7) is 9.27. The van der Waals surface area contributed by atoms with Crippen LogP contribution in [0.2, 0.25) is 0 Å². The molecule has 0 aliphatic heterocycles. The molecule has 1 aliphatic carbocycles. The molecule has 56 heavy (non-hydrogen) atoms. The Morgan fingerprint density at radius 3 is 2.05 bits per heavy atom. The van der Waals surface area contributed by atoms with Gasteiger partial charge in [0.15, 0.2) is 0 Å². The van der Waals surface area contributed by atoms with Gasteiger partial charge in [-0.25, -0.2) is 4.79 Å². The zero-order valence-corrected chi connectivity index (χ0v) is 33.3. The first-order valence-corrected chi connectivity index (χ1v) is 19.5. The van der Waals surface area contributed by atoms with Crippen molar-refractivity contribution in [2.45, 2.75) is 129 Å². The second-order valence-corrected chi connectivity index (χ2v) is 15.1. The van der Waals surface area contributed by atoms with E-state index in [1.165, 1.54) is 0 Å². The molecule has 0 bridgehead atoms. The number of carbonyl (C=O) groups is 7. The number of carboxylic acids is 1. The molecule has 310 valence electrons. The van der Waals surface area contributed by atoms with Crippen molar-refractivity contribution in [2.75, 3.05) is 6.54 Å². The van der Waals surface area contributed by atoms with Crippen LogP contribution in [0.25, 0.3) is 0 Å². The van der Waals surface area contributed by atoms with E-state index in [0.717, 1.165) is 19.3 Å². The zero-order valence-electron chi connectivity index (χ0n) is 33.3. The van der Waals surface area contributed by atoms with Crippen LogP contribution >= 0.6 is 0 Å². The minimum Gasteiger partial charge on any atom is -0.480 e. The van der Waals surface area contributed by atoms with Crippen molar-refractivity contribution in [2.24, 2.45) is 39.7 Å². The Bertz CT molecular complexity index is 1540. The predicted octanol–water partition coefficient (Wildman–Crippen LogP) is 2.72. The second kappa shape index (κ2) is 24.3. The van der Waals surface area contributed by atoms with E-state index < -0.39 is 53.6 Å². The van der Waals surface area contributed by atoms with E-state index in [-0.39, 0.29) is 73.5 Å². The number of nitrogens with two attached hydrogens (primary N) is 1. The van der Waals surface area contributed by atoms with Gasteiger partial charge in [-0.2, -0.15) is 5.53 Å². The largest absolute Gasteiger partial charge is 0.480 e. The fraction of sp³-hybridized carbons (Fsp3) is 0.641. The number of carbonyl (C=O) groups excluding carboxylic acids is 6. The molecule has 5 amide bonds. The molecule has 0 spiro atoms. The number of hydrogen-bond acceptors (Lipinski definition) is 9. The number of aliphatic carboxylic acids is 1. The summed E-state index contributed by atoms with van der Waals surface area (Å²) in [5, 5.41) is 29.5. The van der Waals surface area contributed by atoms with E-state index >= 15 is 0 Å². The summed E-state index contributed by atoms with van der Waals surface area (Å²) in [4.78, 5) is 90.6. The maximum atomic E-state index is 13.4. The topological polar surface area (TPSA) is 274 Å². The van der Waals surface area contributed by atoms with Crippen molar-refractivity contribution in [1.82, 2.24) is 26.6 Å². The first kappa shape index (κ1) is 46.9. The summed E-state index contributed by atoms with van der Waals surface area (Å²) in [7, 11) is 0. The number of hydrogen-bond donors (Lipinski definition) is 8. The van der Waals surface area contributed by atoms with Gasteiger partial charge in [-0.15, -0.1) is 5.10 Å². The molecule has 1 fully saturated rings. The minimum atomic E-state index is -1.33. The molecule has 1 aromatic rings. The van der Waals surface area contributed by atoms with Gasteiger partial charge in [-0.05, 0) is 61.3 Å². The fourth-order valence-electron chi connectivity index (χ4n) is 6.74.